The molecule has 0 spiro atoms. The van der Waals surface area contributed by atoms with Crippen molar-refractivity contribution >= 4 is 73.0 Å². The molecule has 0 radical (unpaired) electrons. The summed E-state index contributed by atoms with van der Waals surface area (Å²) in [7, 11) is 3.85. The summed E-state index contributed by atoms with van der Waals surface area (Å²) in [5.74, 6) is -1.81. The van der Waals surface area contributed by atoms with Crippen molar-refractivity contribution in [3.8, 4) is 0 Å². The molecule has 1 N–H and O–H groups in total. The molecule has 0 aliphatic carbocycles. The molecule has 1 aromatic heterocycles. The number of amides is 1. The van der Waals surface area contributed by atoms with Crippen molar-refractivity contribution in [1.82, 2.24) is 4.98 Å². The van der Waals surface area contributed by atoms with E-state index in [2.05, 4.69) is 4.98 Å². The lowest BCUT2D eigenvalue weighted by atomic mass is 9.95. The number of carbonyl (C=O) groups is 2. The van der Waals surface area contributed by atoms with Gasteiger partial charge in [-0.25, -0.2) is 4.98 Å². The van der Waals surface area contributed by atoms with Gasteiger partial charge in [0.1, 0.15) is 5.76 Å². The lowest BCUT2D eigenvalue weighted by Crippen LogP contribution is -2.29. The Balaban J connectivity index is 1.71. The van der Waals surface area contributed by atoms with Crippen molar-refractivity contribution in [2.45, 2.75) is 6.04 Å². The van der Waals surface area contributed by atoms with Gasteiger partial charge in [-0.3, -0.25) is 14.5 Å². The van der Waals surface area contributed by atoms with Gasteiger partial charge in [-0.15, -0.1) is 0 Å². The monoisotopic (exact) mass is 523 g/mol. The number of fused-ring (bicyclic) bond motifs is 1. The number of anilines is 2. The van der Waals surface area contributed by atoms with E-state index in [4.69, 9.17) is 23.2 Å². The van der Waals surface area contributed by atoms with Crippen LogP contribution in [0.4, 0.5) is 10.8 Å². The Labute approximate surface area is 215 Å². The van der Waals surface area contributed by atoms with Gasteiger partial charge >= 0.3 is 5.91 Å². The topological polar surface area (TPSA) is 73.7 Å². The highest BCUT2D eigenvalue weighted by Gasteiger charge is 2.48. The molecule has 1 fully saturated rings. The first-order valence-electron chi connectivity index (χ1n) is 10.6. The van der Waals surface area contributed by atoms with Gasteiger partial charge in [0.25, 0.3) is 5.78 Å². The maximum absolute atomic E-state index is 13.4. The molecule has 1 atom stereocenters. The van der Waals surface area contributed by atoms with Gasteiger partial charge in [-0.2, -0.15) is 0 Å². The highest BCUT2D eigenvalue weighted by Crippen LogP contribution is 2.44. The Morgan fingerprint density at radius 3 is 2.29 bits per heavy atom. The van der Waals surface area contributed by atoms with Gasteiger partial charge in [0.05, 0.1) is 21.8 Å². The van der Waals surface area contributed by atoms with Crippen LogP contribution in [-0.4, -0.2) is 35.9 Å². The number of benzene rings is 3. The fourth-order valence-corrected chi connectivity index (χ4v) is 5.45. The zero-order chi connectivity index (χ0) is 24.9. The number of aliphatic hydroxyl groups is 1. The maximum atomic E-state index is 13.4. The molecule has 0 bridgehead atoms. The molecule has 176 valence electrons. The van der Waals surface area contributed by atoms with Crippen LogP contribution in [0.3, 0.4) is 0 Å². The fraction of sp³-hybridized carbons (Fsp3) is 0.115. The number of aliphatic hydroxyl groups excluding tert-OH is 1. The summed E-state index contributed by atoms with van der Waals surface area (Å²) in [6.45, 7) is 0. The Morgan fingerprint density at radius 2 is 1.63 bits per heavy atom. The summed E-state index contributed by atoms with van der Waals surface area (Å²) < 4.78 is 0.786. The van der Waals surface area contributed by atoms with E-state index >= 15 is 0 Å². The average Bonchev–Trinajstić information content (AvgIpc) is 3.37. The zero-order valence-electron chi connectivity index (χ0n) is 18.7. The molecule has 9 heteroatoms. The smallest absolute Gasteiger partial charge is 0.301 e. The molecular formula is C26H19Cl2N3O3S. The highest BCUT2D eigenvalue weighted by molar-refractivity contribution is 7.22. The molecular weight excluding hydrogens is 505 g/mol. The maximum Gasteiger partial charge on any atom is 0.301 e. The van der Waals surface area contributed by atoms with Crippen LogP contribution in [0, 0.1) is 0 Å². The second kappa shape index (κ2) is 9.00. The van der Waals surface area contributed by atoms with Gasteiger partial charge in [-0.1, -0.05) is 46.7 Å². The van der Waals surface area contributed by atoms with Crippen molar-refractivity contribution in [2.75, 3.05) is 23.9 Å². The third-order valence-electron chi connectivity index (χ3n) is 5.83. The molecule has 2 heterocycles. The fourth-order valence-electron chi connectivity index (χ4n) is 4.05. The molecule has 1 saturated heterocycles. The summed E-state index contributed by atoms with van der Waals surface area (Å²) >= 11 is 13.4. The second-order valence-corrected chi connectivity index (χ2v) is 10.2. The lowest BCUT2D eigenvalue weighted by Gasteiger charge is -2.23. The van der Waals surface area contributed by atoms with E-state index in [0.29, 0.717) is 31.8 Å². The van der Waals surface area contributed by atoms with Crippen molar-refractivity contribution in [2.24, 2.45) is 0 Å². The van der Waals surface area contributed by atoms with E-state index in [1.807, 2.05) is 43.3 Å². The molecule has 35 heavy (non-hydrogen) atoms. The number of Topliss-reactive ketones (excluding diaryl/α,β-unsaturated/α-hetero) is 1. The largest absolute Gasteiger partial charge is 0.507 e. The highest BCUT2D eigenvalue weighted by atomic mass is 35.5. The zero-order valence-corrected chi connectivity index (χ0v) is 21.0. The van der Waals surface area contributed by atoms with Gasteiger partial charge < -0.3 is 10.0 Å². The average molecular weight is 524 g/mol. The third kappa shape index (κ3) is 4.16. The van der Waals surface area contributed by atoms with Crippen molar-refractivity contribution in [3.05, 3.63) is 93.5 Å². The standard InChI is InChI=1S/C26H19Cl2N3O3S/c1-30(2)18-10-5-14(6-11-18)22-21(23(32)15-3-7-16(27)8-4-15)24(33)25(34)31(22)26-29-19-12-9-17(28)13-20(19)35-26/h3-13,22,32H,1-2H3. The molecule has 1 aliphatic heterocycles. The summed E-state index contributed by atoms with van der Waals surface area (Å²) in [6, 6.07) is 18.3. The van der Waals surface area contributed by atoms with E-state index in [0.717, 1.165) is 10.4 Å². The minimum atomic E-state index is -0.863. The van der Waals surface area contributed by atoms with Gasteiger partial charge in [-0.05, 0) is 60.2 Å². The molecule has 5 rings (SSSR count). The Hall–Kier alpha value is -3.39. The molecule has 3 aromatic carbocycles. The van der Waals surface area contributed by atoms with Crippen LogP contribution in [0.1, 0.15) is 17.2 Å². The van der Waals surface area contributed by atoms with Gasteiger partial charge in [0, 0.05) is 35.4 Å². The van der Waals surface area contributed by atoms with Crippen LogP contribution in [-0.2, 0) is 9.59 Å². The first-order valence-corrected chi connectivity index (χ1v) is 12.2. The van der Waals surface area contributed by atoms with Crippen molar-refractivity contribution in [3.63, 3.8) is 0 Å². The van der Waals surface area contributed by atoms with E-state index in [9.17, 15) is 14.7 Å². The molecule has 1 unspecified atom stereocenters. The van der Waals surface area contributed by atoms with Gasteiger partial charge in [0.2, 0.25) is 0 Å². The number of thiazole rings is 1. The Morgan fingerprint density at radius 1 is 0.971 bits per heavy atom. The second-order valence-electron chi connectivity index (χ2n) is 8.27. The summed E-state index contributed by atoms with van der Waals surface area (Å²) in [6.07, 6.45) is 0. The van der Waals surface area contributed by atoms with Crippen molar-refractivity contribution < 1.29 is 14.7 Å². The summed E-state index contributed by atoms with van der Waals surface area (Å²) in [5.41, 5.74) is 2.67. The summed E-state index contributed by atoms with van der Waals surface area (Å²) in [5, 5.41) is 12.6. The first kappa shape index (κ1) is 23.4. The van der Waals surface area contributed by atoms with Crippen molar-refractivity contribution in [1.29, 1.82) is 0 Å². The number of rotatable bonds is 4. The summed E-state index contributed by atoms with van der Waals surface area (Å²) in [4.78, 5) is 34.6. The number of nitrogens with zero attached hydrogens (tertiary/aromatic N) is 3. The SMILES string of the molecule is CN(C)c1ccc(C2C(=C(O)c3ccc(Cl)cc3)C(=O)C(=O)N2c2nc3ccc(Cl)cc3s2)cc1. The Kier molecular flexibility index (Phi) is 6.01. The van der Waals surface area contributed by atoms with Crippen LogP contribution in [0.2, 0.25) is 10.0 Å². The van der Waals surface area contributed by atoms with Crippen LogP contribution in [0.25, 0.3) is 16.0 Å². The number of aromatic nitrogens is 1. The number of hydrogen-bond acceptors (Lipinski definition) is 6. The van der Waals surface area contributed by atoms with E-state index in [-0.39, 0.29) is 11.3 Å². The van der Waals surface area contributed by atoms with Crippen LogP contribution < -0.4 is 9.80 Å². The van der Waals surface area contributed by atoms with E-state index < -0.39 is 17.7 Å². The molecule has 1 amide bonds. The minimum Gasteiger partial charge on any atom is -0.507 e. The van der Waals surface area contributed by atoms with Crippen LogP contribution in [0.5, 0.6) is 0 Å². The number of carbonyl (C=O) groups excluding carboxylic acids is 2. The molecule has 4 aromatic rings. The molecule has 0 saturated carbocycles. The number of halogens is 2. The minimum absolute atomic E-state index is 0.00721. The van der Waals surface area contributed by atoms with E-state index in [1.54, 1.807) is 42.5 Å². The van der Waals surface area contributed by atoms with Crippen LogP contribution in [0.15, 0.2) is 72.3 Å². The quantitative estimate of drug-likeness (QED) is 0.193. The predicted molar refractivity (Wildman–Crippen MR) is 142 cm³/mol. The molecule has 6 nitrogen and oxygen atoms in total. The number of ketones is 1. The first-order chi connectivity index (χ1) is 16.7. The number of hydrogen-bond donors (Lipinski definition) is 1. The Bertz CT molecular complexity index is 1490. The molecule has 1 aliphatic rings. The van der Waals surface area contributed by atoms with Gasteiger partial charge in [0.15, 0.2) is 5.13 Å². The third-order valence-corrected chi connectivity index (χ3v) is 7.34. The lowest BCUT2D eigenvalue weighted by molar-refractivity contribution is -0.132. The predicted octanol–water partition coefficient (Wildman–Crippen LogP) is 6.30. The van der Waals surface area contributed by atoms with Crippen LogP contribution >= 0.6 is 34.5 Å². The van der Waals surface area contributed by atoms with E-state index in [1.165, 1.54) is 16.2 Å². The normalized spacial score (nSPS) is 17.4.